The third kappa shape index (κ3) is 2.73. The van der Waals surface area contributed by atoms with Crippen molar-refractivity contribution in [2.45, 2.75) is 46.5 Å². The summed E-state index contributed by atoms with van der Waals surface area (Å²) >= 11 is 0. The Morgan fingerprint density at radius 3 is 2.57 bits per heavy atom. The number of hydrogen-bond donors (Lipinski definition) is 0. The van der Waals surface area contributed by atoms with Crippen LogP contribution in [-0.2, 0) is 9.53 Å². The van der Waals surface area contributed by atoms with Crippen LogP contribution in [0.3, 0.4) is 0 Å². The number of ether oxygens (including phenoxy) is 1. The predicted molar refractivity (Wildman–Crippen MR) is 56.9 cm³/mol. The highest BCUT2D eigenvalue weighted by molar-refractivity contribution is 5.76. The largest absolute Gasteiger partial charge is 0.466 e. The average molecular weight is 198 g/mol. The molecule has 0 N–H and O–H groups in total. The molecule has 1 rings (SSSR count). The van der Waals surface area contributed by atoms with Crippen molar-refractivity contribution in [3.05, 3.63) is 0 Å². The summed E-state index contributed by atoms with van der Waals surface area (Å²) in [7, 11) is 0. The number of rotatable bonds is 6. The molecular formula is C12H22O2. The monoisotopic (exact) mass is 198 g/mol. The minimum atomic E-state index is 0.0292. The molecule has 0 aromatic heterocycles. The van der Waals surface area contributed by atoms with Gasteiger partial charge in [-0.3, -0.25) is 4.79 Å². The minimum absolute atomic E-state index is 0.0292. The van der Waals surface area contributed by atoms with Crippen LogP contribution in [0, 0.1) is 17.8 Å². The van der Waals surface area contributed by atoms with Crippen molar-refractivity contribution in [3.63, 3.8) is 0 Å². The van der Waals surface area contributed by atoms with E-state index in [4.69, 9.17) is 4.74 Å². The van der Waals surface area contributed by atoms with Gasteiger partial charge < -0.3 is 4.74 Å². The predicted octanol–water partition coefficient (Wildman–Crippen LogP) is 3.01. The highest BCUT2D eigenvalue weighted by atomic mass is 16.5. The fourth-order valence-electron chi connectivity index (χ4n) is 2.25. The lowest BCUT2D eigenvalue weighted by atomic mass is 10.1. The number of hydrogen-bond acceptors (Lipinski definition) is 2. The van der Waals surface area contributed by atoms with Gasteiger partial charge in [-0.15, -0.1) is 0 Å². The first-order valence-electron chi connectivity index (χ1n) is 5.89. The highest BCUT2D eigenvalue weighted by Gasteiger charge is 2.51. The molecule has 2 heteroatoms. The molecule has 0 aromatic carbocycles. The molecular weight excluding hydrogens is 176 g/mol. The fraction of sp³-hybridized carbons (Fsp3) is 0.917. The van der Waals surface area contributed by atoms with E-state index in [0.29, 0.717) is 18.4 Å². The van der Waals surface area contributed by atoms with Crippen molar-refractivity contribution < 1.29 is 9.53 Å². The van der Waals surface area contributed by atoms with Crippen LogP contribution in [-0.4, -0.2) is 12.6 Å². The molecule has 82 valence electrons. The van der Waals surface area contributed by atoms with E-state index in [1.54, 1.807) is 0 Å². The summed E-state index contributed by atoms with van der Waals surface area (Å²) in [5.41, 5.74) is 0. The van der Waals surface area contributed by atoms with Gasteiger partial charge in [0.15, 0.2) is 0 Å². The SMILES string of the molecule is CCCCC[C@H]1[C@@H](C)[C@H]1C(=O)OCC. The molecule has 0 aliphatic heterocycles. The molecule has 1 aliphatic carbocycles. The van der Waals surface area contributed by atoms with Gasteiger partial charge in [0.25, 0.3) is 0 Å². The number of carbonyl (C=O) groups excluding carboxylic acids is 1. The van der Waals surface area contributed by atoms with Gasteiger partial charge in [0.1, 0.15) is 0 Å². The second kappa shape index (κ2) is 5.38. The van der Waals surface area contributed by atoms with Gasteiger partial charge in [0.2, 0.25) is 0 Å². The van der Waals surface area contributed by atoms with Crippen LogP contribution in [0.5, 0.6) is 0 Å². The van der Waals surface area contributed by atoms with Crippen LogP contribution in [0.4, 0.5) is 0 Å². The van der Waals surface area contributed by atoms with Crippen LogP contribution >= 0.6 is 0 Å². The van der Waals surface area contributed by atoms with Crippen molar-refractivity contribution in [2.24, 2.45) is 17.8 Å². The lowest BCUT2D eigenvalue weighted by Gasteiger charge is -2.00. The van der Waals surface area contributed by atoms with Gasteiger partial charge in [-0.25, -0.2) is 0 Å². The molecule has 14 heavy (non-hydrogen) atoms. The van der Waals surface area contributed by atoms with E-state index in [1.807, 2.05) is 6.92 Å². The number of carbonyl (C=O) groups is 1. The van der Waals surface area contributed by atoms with E-state index in [0.717, 1.165) is 0 Å². The fourth-order valence-corrected chi connectivity index (χ4v) is 2.25. The van der Waals surface area contributed by atoms with Gasteiger partial charge in [-0.05, 0) is 25.2 Å². The van der Waals surface area contributed by atoms with Gasteiger partial charge in [-0.2, -0.15) is 0 Å². The third-order valence-corrected chi connectivity index (χ3v) is 3.26. The summed E-state index contributed by atoms with van der Waals surface area (Å²) < 4.78 is 5.03. The lowest BCUT2D eigenvalue weighted by Crippen LogP contribution is -2.08. The van der Waals surface area contributed by atoms with Crippen molar-refractivity contribution in [1.82, 2.24) is 0 Å². The van der Waals surface area contributed by atoms with Gasteiger partial charge in [0.05, 0.1) is 12.5 Å². The normalized spacial score (nSPS) is 30.1. The maximum absolute atomic E-state index is 11.4. The second-order valence-corrected chi connectivity index (χ2v) is 4.30. The molecule has 0 aromatic rings. The van der Waals surface area contributed by atoms with E-state index in [2.05, 4.69) is 13.8 Å². The van der Waals surface area contributed by atoms with Crippen molar-refractivity contribution in [3.8, 4) is 0 Å². The van der Waals surface area contributed by atoms with Crippen LogP contribution in [0.2, 0.25) is 0 Å². The Hall–Kier alpha value is -0.530. The van der Waals surface area contributed by atoms with Crippen LogP contribution < -0.4 is 0 Å². The second-order valence-electron chi connectivity index (χ2n) is 4.30. The number of esters is 1. The molecule has 0 radical (unpaired) electrons. The Balaban J connectivity index is 2.20. The van der Waals surface area contributed by atoms with E-state index in [-0.39, 0.29) is 11.9 Å². The molecule has 1 saturated carbocycles. The Labute approximate surface area is 87.0 Å². The summed E-state index contributed by atoms with van der Waals surface area (Å²) in [6.07, 6.45) is 5.02. The van der Waals surface area contributed by atoms with E-state index >= 15 is 0 Å². The quantitative estimate of drug-likeness (QED) is 0.484. The molecule has 1 aliphatic rings. The zero-order chi connectivity index (χ0) is 10.6. The topological polar surface area (TPSA) is 26.3 Å². The molecule has 0 saturated heterocycles. The maximum Gasteiger partial charge on any atom is 0.309 e. The van der Waals surface area contributed by atoms with E-state index in [1.165, 1.54) is 25.7 Å². The molecule has 0 amide bonds. The average Bonchev–Trinajstić information content (AvgIpc) is 2.78. The van der Waals surface area contributed by atoms with Crippen molar-refractivity contribution >= 4 is 5.97 Å². The molecule has 1 fully saturated rings. The third-order valence-electron chi connectivity index (χ3n) is 3.26. The lowest BCUT2D eigenvalue weighted by molar-refractivity contribution is -0.145. The molecule has 0 heterocycles. The molecule has 0 spiro atoms. The van der Waals surface area contributed by atoms with Crippen LogP contribution in [0.25, 0.3) is 0 Å². The van der Waals surface area contributed by atoms with Crippen LogP contribution in [0.15, 0.2) is 0 Å². The summed E-state index contributed by atoms with van der Waals surface area (Å²) in [5.74, 6) is 1.42. The molecule has 2 nitrogen and oxygen atoms in total. The maximum atomic E-state index is 11.4. The summed E-state index contributed by atoms with van der Waals surface area (Å²) in [6.45, 7) is 6.76. The Morgan fingerprint density at radius 1 is 1.29 bits per heavy atom. The summed E-state index contributed by atoms with van der Waals surface area (Å²) in [5, 5.41) is 0. The van der Waals surface area contributed by atoms with E-state index in [9.17, 15) is 4.79 Å². The standard InChI is InChI=1S/C12H22O2/c1-4-6-7-8-10-9(3)11(10)12(13)14-5-2/h9-11H,4-8H2,1-3H3/t9-,10+,11-/m1/s1. The van der Waals surface area contributed by atoms with Crippen LogP contribution in [0.1, 0.15) is 46.5 Å². The Bertz CT molecular complexity index is 189. The molecule has 3 atom stereocenters. The Morgan fingerprint density at radius 2 is 2.00 bits per heavy atom. The minimum Gasteiger partial charge on any atom is -0.466 e. The number of unbranched alkanes of at least 4 members (excludes halogenated alkanes) is 2. The summed E-state index contributed by atoms with van der Waals surface area (Å²) in [6, 6.07) is 0. The van der Waals surface area contributed by atoms with Gasteiger partial charge >= 0.3 is 5.97 Å². The first-order valence-corrected chi connectivity index (χ1v) is 5.89. The zero-order valence-corrected chi connectivity index (χ0v) is 9.58. The summed E-state index contributed by atoms with van der Waals surface area (Å²) in [4.78, 5) is 11.4. The first-order chi connectivity index (χ1) is 6.72. The zero-order valence-electron chi connectivity index (χ0n) is 9.58. The van der Waals surface area contributed by atoms with Gasteiger partial charge in [-0.1, -0.05) is 33.1 Å². The van der Waals surface area contributed by atoms with Crippen molar-refractivity contribution in [1.29, 1.82) is 0 Å². The smallest absolute Gasteiger partial charge is 0.309 e. The Kier molecular flexibility index (Phi) is 4.43. The van der Waals surface area contributed by atoms with Crippen molar-refractivity contribution in [2.75, 3.05) is 6.61 Å². The van der Waals surface area contributed by atoms with Gasteiger partial charge in [0, 0.05) is 0 Å². The highest BCUT2D eigenvalue weighted by Crippen LogP contribution is 2.49. The molecule has 0 unspecified atom stereocenters. The molecule has 0 bridgehead atoms. The van der Waals surface area contributed by atoms with E-state index < -0.39 is 0 Å². The first kappa shape index (κ1) is 11.5.